The first kappa shape index (κ1) is 21.2. The van der Waals surface area contributed by atoms with Crippen molar-refractivity contribution in [3.8, 4) is 0 Å². The second-order valence-corrected chi connectivity index (χ2v) is 6.39. The highest BCUT2D eigenvalue weighted by atomic mass is 79.9. The van der Waals surface area contributed by atoms with Crippen molar-refractivity contribution in [1.82, 2.24) is 0 Å². The summed E-state index contributed by atoms with van der Waals surface area (Å²) in [7, 11) is 2.46. The van der Waals surface area contributed by atoms with Crippen molar-refractivity contribution in [2.75, 3.05) is 32.0 Å². The van der Waals surface area contributed by atoms with Crippen molar-refractivity contribution in [2.24, 2.45) is 0 Å². The molecule has 0 aromatic carbocycles. The van der Waals surface area contributed by atoms with Gasteiger partial charge in [0.05, 0.1) is 26.7 Å². The van der Waals surface area contributed by atoms with E-state index in [0.29, 0.717) is 0 Å². The summed E-state index contributed by atoms with van der Waals surface area (Å²) in [4.78, 5) is 0. The molecule has 0 aromatic rings. The molecule has 0 aliphatic carbocycles. The van der Waals surface area contributed by atoms with Crippen LogP contribution in [-0.2, 0) is 0 Å². The highest BCUT2D eigenvalue weighted by molar-refractivity contribution is 9.09. The summed E-state index contributed by atoms with van der Waals surface area (Å²) in [5.41, 5.74) is 0. The average Bonchev–Trinajstić information content (AvgIpc) is 2.33. The van der Waals surface area contributed by atoms with Crippen molar-refractivity contribution in [1.29, 1.82) is 0 Å². The third-order valence-corrected chi connectivity index (χ3v) is 4.25. The van der Waals surface area contributed by atoms with Crippen LogP contribution in [0.2, 0.25) is 0 Å². The quantitative estimate of drug-likeness (QED) is 0.273. The number of nitrogens with zero attached hydrogens (tertiary/aromatic N) is 1. The number of unbranched alkanes of at least 4 members (excludes halogenated alkanes) is 5. The Labute approximate surface area is 134 Å². The molecule has 0 radical (unpaired) electrons. The summed E-state index contributed by atoms with van der Waals surface area (Å²) in [6.45, 7) is 8.70. The Morgan fingerprint density at radius 2 is 1.17 bits per heavy atom. The Kier molecular flexibility index (Phi) is 16.9. The lowest BCUT2D eigenvalue weighted by molar-refractivity contribution is -0.910. The summed E-state index contributed by atoms with van der Waals surface area (Å²) < 4.78 is 1.30. The Hall–Kier alpha value is 0.920. The topological polar surface area (TPSA) is 0 Å². The van der Waals surface area contributed by atoms with E-state index >= 15 is 0 Å². The molecule has 0 saturated heterocycles. The van der Waals surface area contributed by atoms with Gasteiger partial charge in [0.25, 0.3) is 0 Å². The summed E-state index contributed by atoms with van der Waals surface area (Å²) in [6, 6.07) is 0. The molecule has 0 rings (SSSR count). The molecule has 112 valence electrons. The van der Waals surface area contributed by atoms with Gasteiger partial charge in [-0.2, -0.15) is 0 Å². The molecule has 0 aliphatic rings. The lowest BCUT2D eigenvalue weighted by Gasteiger charge is -2.35. The molecule has 0 fully saturated rings. The van der Waals surface area contributed by atoms with Crippen LogP contribution in [0.3, 0.4) is 0 Å². The molecule has 0 bridgehead atoms. The number of quaternary nitrogens is 1. The second kappa shape index (κ2) is 14.3. The maximum atomic E-state index is 3.57. The smallest absolute Gasteiger partial charge is 0.0792 e. The van der Waals surface area contributed by atoms with Crippen molar-refractivity contribution in [3.05, 3.63) is 0 Å². The predicted molar refractivity (Wildman–Crippen MR) is 82.9 cm³/mol. The van der Waals surface area contributed by atoms with Crippen molar-refractivity contribution in [2.45, 2.75) is 65.2 Å². The largest absolute Gasteiger partial charge is 1.00 e. The third-order valence-electron chi connectivity index (χ3n) is 3.68. The van der Waals surface area contributed by atoms with E-state index in [9.17, 15) is 0 Å². The van der Waals surface area contributed by atoms with Crippen LogP contribution < -0.4 is 17.0 Å². The van der Waals surface area contributed by atoms with E-state index in [-0.39, 0.29) is 17.0 Å². The first-order chi connectivity index (χ1) is 8.18. The fraction of sp³-hybridized carbons (Fsp3) is 1.00. The van der Waals surface area contributed by atoms with E-state index in [1.54, 1.807) is 0 Å². The molecule has 0 aliphatic heterocycles. The molecule has 0 spiro atoms. The van der Waals surface area contributed by atoms with E-state index in [2.05, 4.69) is 36.8 Å². The van der Waals surface area contributed by atoms with Crippen LogP contribution in [0.15, 0.2) is 0 Å². The van der Waals surface area contributed by atoms with Gasteiger partial charge in [0, 0.05) is 11.8 Å². The molecule has 1 atom stereocenters. The molecule has 0 N–H and O–H groups in total. The second-order valence-electron chi connectivity index (χ2n) is 5.60. The van der Waals surface area contributed by atoms with Gasteiger partial charge in [-0.3, -0.25) is 0 Å². The lowest BCUT2D eigenvalue weighted by atomic mass is 10.1. The van der Waals surface area contributed by atoms with Crippen LogP contribution in [0.1, 0.15) is 65.2 Å². The Morgan fingerprint density at radius 3 is 1.67 bits per heavy atom. The molecule has 0 heterocycles. The van der Waals surface area contributed by atoms with Gasteiger partial charge in [0.1, 0.15) is 0 Å². The van der Waals surface area contributed by atoms with Crippen molar-refractivity contribution in [3.63, 3.8) is 0 Å². The van der Waals surface area contributed by atoms with Gasteiger partial charge in [-0.15, -0.1) is 0 Å². The van der Waals surface area contributed by atoms with Crippen molar-refractivity contribution < 1.29 is 21.5 Å². The van der Waals surface area contributed by atoms with Crippen LogP contribution in [-0.4, -0.2) is 36.5 Å². The van der Waals surface area contributed by atoms with E-state index in [0.717, 1.165) is 5.33 Å². The summed E-state index contributed by atoms with van der Waals surface area (Å²) in [5, 5.41) is 1.16. The average molecular weight is 387 g/mol. The lowest BCUT2D eigenvalue weighted by Crippen LogP contribution is -3.00. The minimum absolute atomic E-state index is 0. The number of rotatable bonds is 12. The number of hydrogen-bond donors (Lipinski definition) is 0. The monoisotopic (exact) mass is 385 g/mol. The highest BCUT2D eigenvalue weighted by Gasteiger charge is 2.19. The Bertz CT molecular complexity index is 165. The van der Waals surface area contributed by atoms with Crippen molar-refractivity contribution >= 4 is 15.9 Å². The minimum Gasteiger partial charge on any atom is -1.00 e. The molecular formula is C15H33Br2N. The van der Waals surface area contributed by atoms with Crippen LogP contribution >= 0.6 is 15.9 Å². The van der Waals surface area contributed by atoms with Gasteiger partial charge in [-0.1, -0.05) is 49.0 Å². The van der Waals surface area contributed by atoms with Crippen LogP contribution in [0.5, 0.6) is 0 Å². The first-order valence-electron chi connectivity index (χ1n) is 7.58. The minimum atomic E-state index is 0. The van der Waals surface area contributed by atoms with Gasteiger partial charge in [0.2, 0.25) is 0 Å². The maximum absolute atomic E-state index is 3.57. The van der Waals surface area contributed by atoms with Gasteiger partial charge >= 0.3 is 0 Å². The molecule has 18 heavy (non-hydrogen) atoms. The molecule has 0 amide bonds. The molecule has 0 saturated carbocycles. The third kappa shape index (κ3) is 12.0. The molecular weight excluding hydrogens is 354 g/mol. The first-order valence-corrected chi connectivity index (χ1v) is 8.70. The number of alkyl halides is 1. The Balaban J connectivity index is 0. The summed E-state index contributed by atoms with van der Waals surface area (Å²) in [6.07, 6.45) is 11.1. The zero-order valence-corrected chi connectivity index (χ0v) is 15.9. The van der Waals surface area contributed by atoms with E-state index in [4.69, 9.17) is 0 Å². The standard InChI is InChI=1S/C15H33BrN.BrH/c1-4-6-8-10-14-17(3,15-11-12-16)13-9-7-5-2;/h4-15H2,1-3H3;1H/q+1;/p-1. The predicted octanol–water partition coefficient (Wildman–Crippen LogP) is 1.99. The van der Waals surface area contributed by atoms with E-state index < -0.39 is 0 Å². The maximum Gasteiger partial charge on any atom is 0.0792 e. The zero-order chi connectivity index (χ0) is 13.0. The molecule has 1 unspecified atom stereocenters. The zero-order valence-electron chi connectivity index (χ0n) is 12.7. The van der Waals surface area contributed by atoms with Crippen LogP contribution in [0.25, 0.3) is 0 Å². The SMILES string of the molecule is CCCCCC[N+](C)(CCCBr)CCCCC.[Br-]. The Morgan fingerprint density at radius 1 is 0.722 bits per heavy atom. The fourth-order valence-electron chi connectivity index (χ4n) is 2.44. The molecule has 3 heteroatoms. The number of halogens is 2. The highest BCUT2D eigenvalue weighted by Crippen LogP contribution is 2.12. The summed E-state index contributed by atoms with van der Waals surface area (Å²) in [5.74, 6) is 0. The normalized spacial score (nSPS) is 14.0. The van der Waals surface area contributed by atoms with Crippen LogP contribution in [0.4, 0.5) is 0 Å². The van der Waals surface area contributed by atoms with Gasteiger partial charge in [-0.05, 0) is 25.7 Å². The van der Waals surface area contributed by atoms with Crippen LogP contribution in [0, 0.1) is 0 Å². The van der Waals surface area contributed by atoms with E-state index in [1.807, 2.05) is 0 Å². The van der Waals surface area contributed by atoms with Gasteiger partial charge < -0.3 is 21.5 Å². The fourth-order valence-corrected chi connectivity index (χ4v) is 2.69. The molecule has 0 aromatic heterocycles. The summed E-state index contributed by atoms with van der Waals surface area (Å²) >= 11 is 3.57. The van der Waals surface area contributed by atoms with Gasteiger partial charge in [0.15, 0.2) is 0 Å². The van der Waals surface area contributed by atoms with E-state index in [1.165, 1.54) is 75.5 Å². The van der Waals surface area contributed by atoms with Gasteiger partial charge in [-0.25, -0.2) is 0 Å². The molecule has 1 nitrogen and oxygen atoms in total. The number of hydrogen-bond acceptors (Lipinski definition) is 0.